The zero-order valence-corrected chi connectivity index (χ0v) is 11.1. The van der Waals surface area contributed by atoms with Gasteiger partial charge in [0.25, 0.3) is 0 Å². The Balaban J connectivity index is 1.85. The Kier molecular flexibility index (Phi) is 3.99. The lowest BCUT2D eigenvalue weighted by molar-refractivity contribution is -0.145. The molecule has 0 aliphatic carbocycles. The van der Waals surface area contributed by atoms with Gasteiger partial charge < -0.3 is 10.5 Å². The number of nitrogens with zero attached hydrogens (tertiary/aromatic N) is 2. The third kappa shape index (κ3) is 3.59. The average Bonchev–Trinajstić information content (AvgIpc) is 2.72. The van der Waals surface area contributed by atoms with Crippen molar-refractivity contribution >= 4 is 27.7 Å². The van der Waals surface area contributed by atoms with Gasteiger partial charge in [-0.2, -0.15) is 5.10 Å². The van der Waals surface area contributed by atoms with Crippen LogP contribution in [0.4, 0.5) is 5.82 Å². The summed E-state index contributed by atoms with van der Waals surface area (Å²) < 4.78 is 7.53. The minimum Gasteiger partial charge on any atom is -0.459 e. The van der Waals surface area contributed by atoms with Crippen LogP contribution < -0.4 is 5.73 Å². The van der Waals surface area contributed by atoms with E-state index < -0.39 is 0 Å². The molecular weight excluding hydrogens is 298 g/mol. The quantitative estimate of drug-likeness (QED) is 0.877. The van der Waals surface area contributed by atoms with Crippen molar-refractivity contribution in [2.75, 3.05) is 5.73 Å². The third-order valence-corrected chi connectivity index (χ3v) is 2.73. The lowest BCUT2D eigenvalue weighted by atomic mass is 10.2. The number of nitrogen functional groups attached to an aromatic ring is 1. The lowest BCUT2D eigenvalue weighted by Gasteiger charge is -2.05. The summed E-state index contributed by atoms with van der Waals surface area (Å²) in [7, 11) is 0. The van der Waals surface area contributed by atoms with Gasteiger partial charge in [0, 0.05) is 10.7 Å². The molecule has 2 rings (SSSR count). The maximum atomic E-state index is 11.5. The first kappa shape index (κ1) is 12.6. The summed E-state index contributed by atoms with van der Waals surface area (Å²) in [6.45, 7) is 0.306. The highest BCUT2D eigenvalue weighted by Crippen LogP contribution is 2.12. The van der Waals surface area contributed by atoms with E-state index in [0.717, 1.165) is 10.0 Å². The number of hydrogen-bond donors (Lipinski definition) is 1. The topological polar surface area (TPSA) is 70.1 Å². The van der Waals surface area contributed by atoms with Crippen LogP contribution in [0.1, 0.15) is 5.56 Å². The van der Waals surface area contributed by atoms with Crippen molar-refractivity contribution in [2.24, 2.45) is 0 Å². The van der Waals surface area contributed by atoms with Gasteiger partial charge in [0.15, 0.2) is 0 Å². The monoisotopic (exact) mass is 309 g/mol. The second kappa shape index (κ2) is 5.68. The molecule has 0 spiro atoms. The smallest absolute Gasteiger partial charge is 0.328 e. The number of hydrogen-bond acceptors (Lipinski definition) is 4. The summed E-state index contributed by atoms with van der Waals surface area (Å²) in [5, 5.41) is 3.91. The fraction of sp³-hybridized carbons (Fsp3) is 0.167. The largest absolute Gasteiger partial charge is 0.459 e. The summed E-state index contributed by atoms with van der Waals surface area (Å²) in [5.74, 6) is 0.0351. The van der Waals surface area contributed by atoms with Crippen LogP contribution in [0.5, 0.6) is 0 Å². The highest BCUT2D eigenvalue weighted by Gasteiger charge is 2.05. The second-order valence-corrected chi connectivity index (χ2v) is 4.64. The molecule has 2 N–H and O–H groups in total. The molecule has 5 nitrogen and oxygen atoms in total. The fourth-order valence-corrected chi connectivity index (χ4v) is 1.88. The van der Waals surface area contributed by atoms with Crippen LogP contribution in [-0.2, 0) is 22.7 Å². The van der Waals surface area contributed by atoms with Gasteiger partial charge in [0.05, 0.1) is 0 Å². The number of aromatic nitrogens is 2. The number of benzene rings is 1. The van der Waals surface area contributed by atoms with Crippen LogP contribution in [0.3, 0.4) is 0 Å². The highest BCUT2D eigenvalue weighted by atomic mass is 79.9. The van der Waals surface area contributed by atoms with Gasteiger partial charge in [0.2, 0.25) is 0 Å². The first-order valence-corrected chi connectivity index (χ1v) is 6.12. The number of carbonyl (C=O) groups excluding carboxylic acids is 1. The Labute approximate surface area is 113 Å². The van der Waals surface area contributed by atoms with E-state index in [1.54, 1.807) is 12.3 Å². The number of anilines is 1. The molecule has 0 fully saturated rings. The van der Waals surface area contributed by atoms with E-state index in [4.69, 9.17) is 10.5 Å². The molecule has 0 aliphatic rings. The molecule has 0 unspecified atom stereocenters. The van der Waals surface area contributed by atoms with E-state index >= 15 is 0 Å². The molecule has 18 heavy (non-hydrogen) atoms. The van der Waals surface area contributed by atoms with Gasteiger partial charge in [-0.3, -0.25) is 9.48 Å². The van der Waals surface area contributed by atoms with Crippen molar-refractivity contribution in [3.8, 4) is 0 Å². The Morgan fingerprint density at radius 1 is 1.44 bits per heavy atom. The minimum atomic E-state index is -0.349. The molecule has 0 saturated heterocycles. The maximum absolute atomic E-state index is 11.5. The van der Waals surface area contributed by atoms with Gasteiger partial charge in [-0.05, 0) is 23.8 Å². The van der Waals surface area contributed by atoms with Crippen molar-refractivity contribution < 1.29 is 9.53 Å². The van der Waals surface area contributed by atoms with E-state index in [0.29, 0.717) is 5.82 Å². The van der Waals surface area contributed by atoms with E-state index in [1.807, 2.05) is 24.3 Å². The molecule has 1 aromatic heterocycles. The summed E-state index contributed by atoms with van der Waals surface area (Å²) in [6.07, 6.45) is 1.63. The molecule has 6 heteroatoms. The summed E-state index contributed by atoms with van der Waals surface area (Å²) in [4.78, 5) is 11.5. The van der Waals surface area contributed by atoms with Crippen LogP contribution >= 0.6 is 15.9 Å². The third-order valence-electron chi connectivity index (χ3n) is 2.24. The molecular formula is C12H12BrN3O2. The van der Waals surface area contributed by atoms with E-state index in [-0.39, 0.29) is 19.1 Å². The molecule has 0 aliphatic heterocycles. The van der Waals surface area contributed by atoms with E-state index in [2.05, 4.69) is 21.0 Å². The summed E-state index contributed by atoms with van der Waals surface area (Å²) in [5.41, 5.74) is 6.38. The summed E-state index contributed by atoms with van der Waals surface area (Å²) >= 11 is 3.36. The van der Waals surface area contributed by atoms with Gasteiger partial charge in [-0.25, -0.2) is 0 Å². The highest BCUT2D eigenvalue weighted by molar-refractivity contribution is 9.10. The Morgan fingerprint density at radius 2 is 2.28 bits per heavy atom. The number of rotatable bonds is 4. The van der Waals surface area contributed by atoms with Crippen LogP contribution in [-0.4, -0.2) is 15.7 Å². The predicted molar refractivity (Wildman–Crippen MR) is 70.6 cm³/mol. The Morgan fingerprint density at radius 3 is 2.94 bits per heavy atom. The van der Waals surface area contributed by atoms with Gasteiger partial charge >= 0.3 is 5.97 Å². The molecule has 0 amide bonds. The predicted octanol–water partition coefficient (Wildman–Crippen LogP) is 1.97. The number of nitrogens with two attached hydrogens (primary N) is 1. The molecule has 1 aromatic carbocycles. The Hall–Kier alpha value is -1.82. The van der Waals surface area contributed by atoms with Crippen molar-refractivity contribution in [3.05, 3.63) is 46.6 Å². The van der Waals surface area contributed by atoms with Crippen LogP contribution in [0.25, 0.3) is 0 Å². The van der Waals surface area contributed by atoms with Crippen LogP contribution in [0, 0.1) is 0 Å². The zero-order valence-electron chi connectivity index (χ0n) is 9.54. The van der Waals surface area contributed by atoms with E-state index in [1.165, 1.54) is 4.68 Å². The SMILES string of the molecule is Nc1ccn(CC(=O)OCc2cccc(Br)c2)n1. The molecule has 1 heterocycles. The molecule has 0 radical (unpaired) electrons. The van der Waals surface area contributed by atoms with Gasteiger partial charge in [0.1, 0.15) is 19.0 Å². The first-order chi connectivity index (χ1) is 8.63. The summed E-state index contributed by atoms with van der Waals surface area (Å²) in [6, 6.07) is 9.23. The maximum Gasteiger partial charge on any atom is 0.328 e. The van der Waals surface area contributed by atoms with Gasteiger partial charge in [-0.15, -0.1) is 0 Å². The number of esters is 1. The Bertz CT molecular complexity index is 554. The van der Waals surface area contributed by atoms with Crippen molar-refractivity contribution in [3.63, 3.8) is 0 Å². The minimum absolute atomic E-state index is 0.0607. The van der Waals surface area contributed by atoms with Crippen LogP contribution in [0.15, 0.2) is 41.0 Å². The van der Waals surface area contributed by atoms with E-state index in [9.17, 15) is 4.79 Å². The van der Waals surface area contributed by atoms with Crippen molar-refractivity contribution in [2.45, 2.75) is 13.2 Å². The molecule has 0 atom stereocenters. The number of ether oxygens (including phenoxy) is 1. The molecule has 94 valence electrons. The zero-order chi connectivity index (χ0) is 13.0. The van der Waals surface area contributed by atoms with Crippen molar-refractivity contribution in [1.82, 2.24) is 9.78 Å². The average molecular weight is 310 g/mol. The normalized spacial score (nSPS) is 10.3. The van der Waals surface area contributed by atoms with Gasteiger partial charge in [-0.1, -0.05) is 28.1 Å². The fourth-order valence-electron chi connectivity index (χ4n) is 1.43. The molecule has 0 saturated carbocycles. The second-order valence-electron chi connectivity index (χ2n) is 3.73. The van der Waals surface area contributed by atoms with Crippen molar-refractivity contribution in [1.29, 1.82) is 0 Å². The molecule has 0 bridgehead atoms. The first-order valence-electron chi connectivity index (χ1n) is 5.32. The molecule has 2 aromatic rings. The number of carbonyl (C=O) groups is 1. The van der Waals surface area contributed by atoms with Crippen LogP contribution in [0.2, 0.25) is 0 Å². The number of halogens is 1. The standard InChI is InChI=1S/C12H12BrN3O2/c13-10-3-1-2-9(6-10)8-18-12(17)7-16-5-4-11(14)15-16/h1-6H,7-8H2,(H2,14,15). The lowest BCUT2D eigenvalue weighted by Crippen LogP contribution is -2.14.